The van der Waals surface area contributed by atoms with E-state index in [1.807, 2.05) is 0 Å². The zero-order valence-electron chi connectivity index (χ0n) is 6.30. The lowest BCUT2D eigenvalue weighted by molar-refractivity contribution is 0.580. The van der Waals surface area contributed by atoms with Crippen molar-refractivity contribution in [1.82, 2.24) is 0 Å². The molecule has 3 nitrogen and oxygen atoms in total. The first-order valence-corrected chi connectivity index (χ1v) is 3.28. The Morgan fingerprint density at radius 1 is 1.18 bits per heavy atom. The third-order valence-corrected chi connectivity index (χ3v) is 2.03. The molecule has 0 amide bonds. The van der Waals surface area contributed by atoms with Gasteiger partial charge in [-0.25, -0.2) is 0 Å². The van der Waals surface area contributed by atoms with Crippen molar-refractivity contribution in [1.29, 1.82) is 5.41 Å². The Balaban J connectivity index is 0. The molecule has 0 unspecified atom stereocenters. The van der Waals surface area contributed by atoms with E-state index in [1.165, 1.54) is 0 Å². The van der Waals surface area contributed by atoms with E-state index >= 15 is 0 Å². The first-order chi connectivity index (χ1) is 4.15. The molecule has 68 valence electrons. The lowest BCUT2D eigenvalue weighted by atomic mass is 9.98. The second-order valence-corrected chi connectivity index (χ2v) is 2.78. The first-order valence-electron chi connectivity index (χ1n) is 3.28. The quantitative estimate of drug-likeness (QED) is 0.437. The van der Waals surface area contributed by atoms with Crippen LogP contribution in [-0.2, 0) is 0 Å². The van der Waals surface area contributed by atoms with Crippen LogP contribution in [0, 0.1) is 5.41 Å². The molecule has 0 bridgehead atoms. The van der Waals surface area contributed by atoms with E-state index in [0.717, 1.165) is 25.7 Å². The normalized spacial score (nSPS) is 19.7. The zero-order valence-corrected chi connectivity index (χ0v) is 7.93. The summed E-state index contributed by atoms with van der Waals surface area (Å²) in [5.41, 5.74) is 10.6. The minimum atomic E-state index is -0.444. The van der Waals surface area contributed by atoms with Crippen LogP contribution < -0.4 is 11.5 Å². The van der Waals surface area contributed by atoms with Crippen molar-refractivity contribution in [3.05, 3.63) is 0 Å². The summed E-state index contributed by atoms with van der Waals surface area (Å²) in [5, 5.41) is 7.14. The van der Waals surface area contributed by atoms with E-state index in [4.69, 9.17) is 16.9 Å². The molecule has 0 aromatic carbocycles. The summed E-state index contributed by atoms with van der Waals surface area (Å²) in [6, 6.07) is 0. The van der Waals surface area contributed by atoms with Crippen molar-refractivity contribution < 1.29 is 0 Å². The maximum Gasteiger partial charge on any atom is 0.111 e. The van der Waals surface area contributed by atoms with Crippen molar-refractivity contribution in [3.8, 4) is 0 Å². The molecule has 0 aliphatic heterocycles. The summed E-state index contributed by atoms with van der Waals surface area (Å²) in [5.74, 6) is 0.153. The molecule has 1 rings (SSSR count). The Morgan fingerprint density at radius 3 is 1.73 bits per heavy atom. The van der Waals surface area contributed by atoms with Gasteiger partial charge in [0, 0.05) is 0 Å². The van der Waals surface area contributed by atoms with E-state index in [1.54, 1.807) is 0 Å². The summed E-state index contributed by atoms with van der Waals surface area (Å²) in [6.07, 6.45) is 4.02. The van der Waals surface area contributed by atoms with Gasteiger partial charge in [0.15, 0.2) is 0 Å². The monoisotopic (exact) mass is 199 g/mol. The largest absolute Gasteiger partial charge is 0.386 e. The van der Waals surface area contributed by atoms with Crippen molar-refractivity contribution in [2.24, 2.45) is 11.5 Å². The molecule has 0 atom stereocenters. The van der Waals surface area contributed by atoms with Crippen LogP contribution in [0.1, 0.15) is 25.7 Å². The minimum Gasteiger partial charge on any atom is -0.386 e. The van der Waals surface area contributed by atoms with Crippen molar-refractivity contribution in [3.63, 3.8) is 0 Å². The van der Waals surface area contributed by atoms with E-state index < -0.39 is 5.54 Å². The SMILES string of the molecule is Cl.Cl.N=C(N)C1(N)CCCC1. The van der Waals surface area contributed by atoms with Gasteiger partial charge in [0.05, 0.1) is 5.54 Å². The lowest BCUT2D eigenvalue weighted by Crippen LogP contribution is -2.49. The van der Waals surface area contributed by atoms with Gasteiger partial charge in [-0.1, -0.05) is 12.8 Å². The summed E-state index contributed by atoms with van der Waals surface area (Å²) in [4.78, 5) is 0. The van der Waals surface area contributed by atoms with E-state index in [9.17, 15) is 0 Å². The maximum atomic E-state index is 7.14. The Labute approximate surface area is 79.2 Å². The molecule has 0 radical (unpaired) electrons. The first kappa shape index (κ1) is 13.6. The molecule has 0 aromatic heterocycles. The van der Waals surface area contributed by atoms with Crippen LogP contribution in [-0.4, -0.2) is 11.4 Å². The fraction of sp³-hybridized carbons (Fsp3) is 0.833. The number of rotatable bonds is 1. The van der Waals surface area contributed by atoms with Crippen LogP contribution in [0.2, 0.25) is 0 Å². The van der Waals surface area contributed by atoms with Gasteiger partial charge in [-0.2, -0.15) is 0 Å². The highest BCUT2D eigenvalue weighted by molar-refractivity contribution is 5.87. The summed E-state index contributed by atoms with van der Waals surface area (Å²) < 4.78 is 0. The second kappa shape index (κ2) is 4.80. The van der Waals surface area contributed by atoms with Crippen molar-refractivity contribution >= 4 is 30.6 Å². The van der Waals surface area contributed by atoms with Crippen molar-refractivity contribution in [2.75, 3.05) is 0 Å². The number of hydrogen-bond donors (Lipinski definition) is 3. The third kappa shape index (κ3) is 2.85. The molecule has 0 heterocycles. The molecule has 0 saturated heterocycles. The number of nitrogens with two attached hydrogens (primary N) is 2. The van der Waals surface area contributed by atoms with Crippen LogP contribution in [0.3, 0.4) is 0 Å². The molecule has 5 N–H and O–H groups in total. The van der Waals surface area contributed by atoms with Crippen LogP contribution in [0.5, 0.6) is 0 Å². The van der Waals surface area contributed by atoms with E-state index in [2.05, 4.69) is 0 Å². The lowest BCUT2D eigenvalue weighted by Gasteiger charge is -2.20. The molecule has 1 fully saturated rings. The third-order valence-electron chi connectivity index (χ3n) is 2.03. The molecular formula is C6H15Cl2N3. The number of hydrogen-bond acceptors (Lipinski definition) is 2. The Bertz CT molecular complexity index is 132. The molecule has 0 aromatic rings. The molecule has 1 aliphatic carbocycles. The van der Waals surface area contributed by atoms with Gasteiger partial charge < -0.3 is 11.5 Å². The summed E-state index contributed by atoms with van der Waals surface area (Å²) in [6.45, 7) is 0. The Kier molecular flexibility index (Phi) is 5.93. The fourth-order valence-corrected chi connectivity index (χ4v) is 1.28. The van der Waals surface area contributed by atoms with Crippen LogP contribution in [0.25, 0.3) is 0 Å². The van der Waals surface area contributed by atoms with Gasteiger partial charge in [-0.3, -0.25) is 5.41 Å². The molecular weight excluding hydrogens is 185 g/mol. The van der Waals surface area contributed by atoms with E-state index in [0.29, 0.717) is 0 Å². The zero-order chi connectivity index (χ0) is 6.91. The molecule has 1 aliphatic rings. The number of nitrogens with one attached hydrogen (secondary N) is 1. The fourth-order valence-electron chi connectivity index (χ4n) is 1.28. The maximum absolute atomic E-state index is 7.14. The topological polar surface area (TPSA) is 75.9 Å². The average molecular weight is 200 g/mol. The summed E-state index contributed by atoms with van der Waals surface area (Å²) >= 11 is 0. The van der Waals surface area contributed by atoms with Gasteiger partial charge >= 0.3 is 0 Å². The standard InChI is InChI=1S/C6H13N3.2ClH/c7-5(8)6(9)3-1-2-4-6;;/h1-4,9H2,(H3,7,8);2*1H. The van der Waals surface area contributed by atoms with Crippen LogP contribution in [0.15, 0.2) is 0 Å². The van der Waals surface area contributed by atoms with Crippen LogP contribution >= 0.6 is 24.8 Å². The minimum absolute atomic E-state index is 0. The predicted molar refractivity (Wildman–Crippen MR) is 51.8 cm³/mol. The molecule has 1 saturated carbocycles. The average Bonchev–Trinajstić information content (AvgIpc) is 2.16. The van der Waals surface area contributed by atoms with Gasteiger partial charge in [-0.05, 0) is 12.8 Å². The van der Waals surface area contributed by atoms with Crippen LogP contribution in [0.4, 0.5) is 0 Å². The van der Waals surface area contributed by atoms with Crippen molar-refractivity contribution in [2.45, 2.75) is 31.2 Å². The van der Waals surface area contributed by atoms with Gasteiger partial charge in [0.2, 0.25) is 0 Å². The highest BCUT2D eigenvalue weighted by Crippen LogP contribution is 2.26. The second-order valence-electron chi connectivity index (χ2n) is 2.78. The highest BCUT2D eigenvalue weighted by Gasteiger charge is 2.31. The summed E-state index contributed by atoms with van der Waals surface area (Å²) in [7, 11) is 0. The molecule has 0 spiro atoms. The van der Waals surface area contributed by atoms with Gasteiger partial charge in [-0.15, -0.1) is 24.8 Å². The van der Waals surface area contributed by atoms with Gasteiger partial charge in [0.1, 0.15) is 5.84 Å². The number of amidine groups is 1. The Morgan fingerprint density at radius 2 is 1.55 bits per heavy atom. The molecule has 11 heavy (non-hydrogen) atoms. The number of halogens is 2. The Hall–Kier alpha value is 0.01000. The predicted octanol–water partition coefficient (Wildman–Crippen LogP) is 1.04. The molecule has 5 heteroatoms. The highest BCUT2D eigenvalue weighted by atomic mass is 35.5. The van der Waals surface area contributed by atoms with E-state index in [-0.39, 0.29) is 30.6 Å². The smallest absolute Gasteiger partial charge is 0.111 e. The van der Waals surface area contributed by atoms with Gasteiger partial charge in [0.25, 0.3) is 0 Å².